The number of hydrogen-bond donors (Lipinski definition) is 3. The molecule has 0 amide bonds. The minimum atomic E-state index is -0.0727. The van der Waals surface area contributed by atoms with E-state index in [0.29, 0.717) is 17.7 Å². The maximum absolute atomic E-state index is 10.3. The molecule has 1 unspecified atom stereocenters. The smallest absolute Gasteiger partial charge is 0.141 e. The Morgan fingerprint density at radius 3 is 3.00 bits per heavy atom. The van der Waals surface area contributed by atoms with Crippen molar-refractivity contribution < 1.29 is 10.2 Å². The van der Waals surface area contributed by atoms with Crippen molar-refractivity contribution in [2.24, 2.45) is 5.41 Å². The third kappa shape index (κ3) is 2.91. The summed E-state index contributed by atoms with van der Waals surface area (Å²) < 4.78 is 0. The normalized spacial score (nSPS) is 26.6. The molecular formula is C16H25N3O2. The molecule has 0 radical (unpaired) electrons. The first-order chi connectivity index (χ1) is 10.1. The highest BCUT2D eigenvalue weighted by atomic mass is 16.3. The Kier molecular flexibility index (Phi) is 4.15. The van der Waals surface area contributed by atoms with Crippen LogP contribution in [0.15, 0.2) is 6.20 Å². The van der Waals surface area contributed by atoms with Crippen LogP contribution in [0.5, 0.6) is 5.75 Å². The van der Waals surface area contributed by atoms with Crippen molar-refractivity contribution in [3.8, 4) is 5.75 Å². The fourth-order valence-corrected chi connectivity index (χ4v) is 3.76. The maximum atomic E-state index is 10.3. The lowest BCUT2D eigenvalue weighted by Gasteiger charge is -2.34. The van der Waals surface area contributed by atoms with Gasteiger partial charge >= 0.3 is 0 Å². The van der Waals surface area contributed by atoms with Gasteiger partial charge in [-0.25, -0.2) is 0 Å². The molecule has 21 heavy (non-hydrogen) atoms. The maximum Gasteiger partial charge on any atom is 0.141 e. The van der Waals surface area contributed by atoms with Crippen molar-refractivity contribution in [3.05, 3.63) is 23.0 Å². The predicted molar refractivity (Wildman–Crippen MR) is 81.0 cm³/mol. The summed E-state index contributed by atoms with van der Waals surface area (Å²) >= 11 is 0. The quantitative estimate of drug-likeness (QED) is 0.780. The third-order valence-electron chi connectivity index (χ3n) is 5.06. The number of aliphatic hydroxyl groups excluding tert-OH is 1. The molecule has 0 aliphatic carbocycles. The average molecular weight is 291 g/mol. The van der Waals surface area contributed by atoms with Crippen molar-refractivity contribution in [2.45, 2.75) is 39.3 Å². The molecule has 3 heterocycles. The van der Waals surface area contributed by atoms with Gasteiger partial charge in [0.15, 0.2) is 0 Å². The number of aliphatic hydroxyl groups is 1. The van der Waals surface area contributed by atoms with Crippen molar-refractivity contribution in [2.75, 3.05) is 26.2 Å². The Balaban J connectivity index is 1.74. The van der Waals surface area contributed by atoms with E-state index in [1.807, 2.05) is 0 Å². The zero-order valence-electron chi connectivity index (χ0n) is 12.7. The molecule has 5 heteroatoms. The number of piperidine rings is 1. The van der Waals surface area contributed by atoms with Crippen LogP contribution in [0.1, 0.15) is 36.1 Å². The van der Waals surface area contributed by atoms with Crippen molar-refractivity contribution in [3.63, 3.8) is 0 Å². The van der Waals surface area contributed by atoms with E-state index in [4.69, 9.17) is 0 Å². The SMILES string of the molecule is Cc1ncc(CO)c(CN2CCC3(CCCNC3)C2)c1O. The van der Waals surface area contributed by atoms with Crippen LogP contribution in [0.4, 0.5) is 0 Å². The number of rotatable bonds is 3. The Bertz CT molecular complexity index is 512. The van der Waals surface area contributed by atoms with Gasteiger partial charge in [0.05, 0.1) is 12.3 Å². The summed E-state index contributed by atoms with van der Waals surface area (Å²) in [5, 5.41) is 23.2. The monoisotopic (exact) mass is 291 g/mol. The van der Waals surface area contributed by atoms with Crippen molar-refractivity contribution in [1.29, 1.82) is 0 Å². The van der Waals surface area contributed by atoms with E-state index >= 15 is 0 Å². The topological polar surface area (TPSA) is 68.6 Å². The molecule has 5 nitrogen and oxygen atoms in total. The summed E-state index contributed by atoms with van der Waals surface area (Å²) in [7, 11) is 0. The third-order valence-corrected chi connectivity index (χ3v) is 5.06. The van der Waals surface area contributed by atoms with E-state index in [9.17, 15) is 10.2 Å². The second-order valence-corrected chi connectivity index (χ2v) is 6.60. The molecule has 3 N–H and O–H groups in total. The minimum Gasteiger partial charge on any atom is -0.506 e. The van der Waals surface area contributed by atoms with Crippen LogP contribution in [0.25, 0.3) is 0 Å². The summed E-state index contributed by atoms with van der Waals surface area (Å²) in [6, 6.07) is 0. The van der Waals surface area contributed by atoms with E-state index in [-0.39, 0.29) is 12.4 Å². The van der Waals surface area contributed by atoms with E-state index < -0.39 is 0 Å². The number of pyridine rings is 1. The van der Waals surface area contributed by atoms with E-state index in [1.54, 1.807) is 13.1 Å². The zero-order chi connectivity index (χ0) is 14.9. The fraction of sp³-hybridized carbons (Fsp3) is 0.688. The van der Waals surface area contributed by atoms with Crippen molar-refractivity contribution in [1.82, 2.24) is 15.2 Å². The molecule has 1 atom stereocenters. The highest BCUT2D eigenvalue weighted by Crippen LogP contribution is 2.38. The van der Waals surface area contributed by atoms with E-state index in [0.717, 1.165) is 37.3 Å². The molecule has 1 spiro atoms. The number of aromatic nitrogens is 1. The summed E-state index contributed by atoms with van der Waals surface area (Å²) in [4.78, 5) is 6.53. The van der Waals surface area contributed by atoms with Crippen LogP contribution in [0, 0.1) is 12.3 Å². The molecule has 2 fully saturated rings. The van der Waals surface area contributed by atoms with E-state index in [2.05, 4.69) is 15.2 Å². The lowest BCUT2D eigenvalue weighted by molar-refractivity contribution is 0.197. The molecule has 2 aliphatic heterocycles. The van der Waals surface area contributed by atoms with Gasteiger partial charge in [0.25, 0.3) is 0 Å². The Hall–Kier alpha value is -1.17. The largest absolute Gasteiger partial charge is 0.506 e. The van der Waals surface area contributed by atoms with Gasteiger partial charge in [0.2, 0.25) is 0 Å². The van der Waals surface area contributed by atoms with Gasteiger partial charge < -0.3 is 15.5 Å². The Morgan fingerprint density at radius 1 is 1.43 bits per heavy atom. The molecule has 116 valence electrons. The highest BCUT2D eigenvalue weighted by Gasteiger charge is 2.39. The summed E-state index contributed by atoms with van der Waals surface area (Å²) in [6.07, 6.45) is 5.46. The van der Waals surface area contributed by atoms with Crippen LogP contribution in [0.2, 0.25) is 0 Å². The minimum absolute atomic E-state index is 0.0727. The second kappa shape index (κ2) is 5.91. The lowest BCUT2D eigenvalue weighted by Crippen LogP contribution is -2.41. The van der Waals surface area contributed by atoms with E-state index in [1.165, 1.54) is 19.3 Å². The lowest BCUT2D eigenvalue weighted by atomic mass is 9.80. The number of aryl methyl sites for hydroxylation is 1. The second-order valence-electron chi connectivity index (χ2n) is 6.60. The first-order valence-electron chi connectivity index (χ1n) is 7.84. The van der Waals surface area contributed by atoms with Gasteiger partial charge in [-0.1, -0.05) is 0 Å². The number of nitrogens with zero attached hydrogens (tertiary/aromatic N) is 2. The Morgan fingerprint density at radius 2 is 2.29 bits per heavy atom. The standard InChI is InChI=1S/C16H25N3O2/c1-12-15(21)14(13(9-20)7-18-12)8-19-6-4-16(11-19)3-2-5-17-10-16/h7,17,20-21H,2-6,8-11H2,1H3. The number of hydrogen-bond acceptors (Lipinski definition) is 5. The van der Waals surface area contributed by atoms with Crippen molar-refractivity contribution >= 4 is 0 Å². The predicted octanol–water partition coefficient (Wildman–Crippen LogP) is 1.16. The molecule has 2 aliphatic rings. The first-order valence-corrected chi connectivity index (χ1v) is 7.84. The number of aromatic hydroxyl groups is 1. The van der Waals surface area contributed by atoms with Gasteiger partial charge in [-0.3, -0.25) is 9.88 Å². The molecule has 2 saturated heterocycles. The van der Waals surface area contributed by atoms with Gasteiger partial charge in [-0.2, -0.15) is 0 Å². The van der Waals surface area contributed by atoms with Crippen LogP contribution in [-0.2, 0) is 13.2 Å². The van der Waals surface area contributed by atoms with Crippen LogP contribution < -0.4 is 5.32 Å². The Labute approximate surface area is 126 Å². The van der Waals surface area contributed by atoms with Gasteiger partial charge in [0.1, 0.15) is 5.75 Å². The molecular weight excluding hydrogens is 266 g/mol. The highest BCUT2D eigenvalue weighted by molar-refractivity contribution is 5.40. The zero-order valence-corrected chi connectivity index (χ0v) is 12.7. The average Bonchev–Trinajstić information content (AvgIpc) is 2.87. The molecule has 0 bridgehead atoms. The van der Waals surface area contributed by atoms with Gasteiger partial charge in [-0.05, 0) is 44.7 Å². The molecule has 0 saturated carbocycles. The summed E-state index contributed by atoms with van der Waals surface area (Å²) in [6.45, 7) is 6.82. The van der Waals surface area contributed by atoms with Crippen LogP contribution in [-0.4, -0.2) is 46.3 Å². The van der Waals surface area contributed by atoms with Gasteiger partial charge in [-0.15, -0.1) is 0 Å². The van der Waals surface area contributed by atoms with Gasteiger partial charge in [0, 0.05) is 37.0 Å². The van der Waals surface area contributed by atoms with Crippen LogP contribution >= 0.6 is 0 Å². The molecule has 0 aromatic carbocycles. The van der Waals surface area contributed by atoms with Crippen LogP contribution in [0.3, 0.4) is 0 Å². The molecule has 1 aromatic rings. The number of likely N-dealkylation sites (tertiary alicyclic amines) is 1. The molecule has 1 aromatic heterocycles. The summed E-state index contributed by atoms with van der Waals surface area (Å²) in [5.74, 6) is 0.240. The fourth-order valence-electron chi connectivity index (χ4n) is 3.76. The number of nitrogens with one attached hydrogen (secondary N) is 1. The summed E-state index contributed by atoms with van der Waals surface area (Å²) in [5.41, 5.74) is 2.62. The first kappa shape index (κ1) is 14.8. The molecule has 3 rings (SSSR count).